The van der Waals surface area contributed by atoms with Crippen molar-refractivity contribution in [2.24, 2.45) is 5.73 Å². The van der Waals surface area contributed by atoms with Crippen LogP contribution in [0.2, 0.25) is 0 Å². The van der Waals surface area contributed by atoms with Gasteiger partial charge in [-0.25, -0.2) is 4.79 Å². The molecule has 2 rings (SSSR count). The Balaban J connectivity index is 2.13. The molecule has 2 atom stereocenters. The third-order valence-electron chi connectivity index (χ3n) is 3.30. The standard InChI is InChI=1S/C15H24N2O3S/c1-10-5-6-12(21-10)13(16)11-9-19-8-7-17(11)14(18)20-15(2,3)4/h5-6,11,13H,7-9,16H2,1-4H3. The average Bonchev–Trinajstić information content (AvgIpc) is 2.82. The summed E-state index contributed by atoms with van der Waals surface area (Å²) in [5, 5.41) is 0. The molecule has 1 aliphatic heterocycles. The molecule has 0 aromatic carbocycles. The molecule has 0 spiro atoms. The first-order valence-electron chi connectivity index (χ1n) is 7.17. The second kappa shape index (κ2) is 6.34. The Morgan fingerprint density at radius 3 is 2.81 bits per heavy atom. The van der Waals surface area contributed by atoms with Gasteiger partial charge in [0, 0.05) is 16.3 Å². The van der Waals surface area contributed by atoms with Gasteiger partial charge in [0.15, 0.2) is 0 Å². The van der Waals surface area contributed by atoms with Gasteiger partial charge in [-0.15, -0.1) is 11.3 Å². The molecule has 1 fully saturated rings. The van der Waals surface area contributed by atoms with Crippen LogP contribution >= 0.6 is 11.3 Å². The van der Waals surface area contributed by atoms with Crippen molar-refractivity contribution in [3.63, 3.8) is 0 Å². The number of hydrogen-bond acceptors (Lipinski definition) is 5. The largest absolute Gasteiger partial charge is 0.444 e. The molecule has 2 N–H and O–H groups in total. The van der Waals surface area contributed by atoms with E-state index in [0.29, 0.717) is 19.8 Å². The number of carbonyl (C=O) groups excluding carboxylic acids is 1. The summed E-state index contributed by atoms with van der Waals surface area (Å²) < 4.78 is 11.0. The summed E-state index contributed by atoms with van der Waals surface area (Å²) in [5.41, 5.74) is 5.85. The second-order valence-corrected chi connectivity index (χ2v) is 7.61. The highest BCUT2D eigenvalue weighted by molar-refractivity contribution is 7.12. The molecule has 5 nitrogen and oxygen atoms in total. The number of thiophene rings is 1. The maximum absolute atomic E-state index is 12.4. The Morgan fingerprint density at radius 2 is 2.24 bits per heavy atom. The molecule has 21 heavy (non-hydrogen) atoms. The van der Waals surface area contributed by atoms with Gasteiger partial charge in [-0.2, -0.15) is 0 Å². The van der Waals surface area contributed by atoms with Gasteiger partial charge < -0.3 is 15.2 Å². The highest BCUT2D eigenvalue weighted by Crippen LogP contribution is 2.28. The van der Waals surface area contributed by atoms with Crippen molar-refractivity contribution in [3.05, 3.63) is 21.9 Å². The number of rotatable bonds is 2. The number of amides is 1. The fourth-order valence-electron chi connectivity index (χ4n) is 2.29. The minimum Gasteiger partial charge on any atom is -0.444 e. The van der Waals surface area contributed by atoms with Gasteiger partial charge in [-0.05, 0) is 39.8 Å². The molecule has 0 radical (unpaired) electrons. The van der Waals surface area contributed by atoms with E-state index in [1.807, 2.05) is 39.8 Å². The Labute approximate surface area is 130 Å². The second-order valence-electron chi connectivity index (χ2n) is 6.29. The molecule has 2 heterocycles. The SMILES string of the molecule is Cc1ccc(C(N)C2COCCN2C(=O)OC(C)(C)C)s1. The maximum Gasteiger partial charge on any atom is 0.410 e. The van der Waals surface area contributed by atoms with Gasteiger partial charge >= 0.3 is 6.09 Å². The van der Waals surface area contributed by atoms with E-state index in [1.165, 1.54) is 4.88 Å². The number of morpholine rings is 1. The monoisotopic (exact) mass is 312 g/mol. The summed E-state index contributed by atoms with van der Waals surface area (Å²) in [6, 6.07) is 3.62. The van der Waals surface area contributed by atoms with Crippen LogP contribution in [0, 0.1) is 6.92 Å². The lowest BCUT2D eigenvalue weighted by atomic mass is 10.1. The summed E-state index contributed by atoms with van der Waals surface area (Å²) in [6.45, 7) is 9.11. The predicted octanol–water partition coefficient (Wildman–Crippen LogP) is 2.69. The molecule has 0 saturated carbocycles. The Kier molecular flexibility index (Phi) is 4.91. The summed E-state index contributed by atoms with van der Waals surface area (Å²) in [4.78, 5) is 16.3. The van der Waals surface area contributed by atoms with Gasteiger partial charge in [-0.3, -0.25) is 4.90 Å². The van der Waals surface area contributed by atoms with Gasteiger partial charge in [-0.1, -0.05) is 0 Å². The minimum atomic E-state index is -0.510. The molecule has 1 aromatic rings. The van der Waals surface area contributed by atoms with Crippen LogP contribution in [0.4, 0.5) is 4.79 Å². The summed E-state index contributed by atoms with van der Waals surface area (Å²) >= 11 is 1.66. The van der Waals surface area contributed by atoms with E-state index in [0.717, 1.165) is 4.88 Å². The first-order valence-corrected chi connectivity index (χ1v) is 7.99. The van der Waals surface area contributed by atoms with E-state index in [2.05, 4.69) is 0 Å². The highest BCUT2D eigenvalue weighted by atomic mass is 32.1. The van der Waals surface area contributed by atoms with Crippen LogP contribution in [0.3, 0.4) is 0 Å². The van der Waals surface area contributed by atoms with Crippen molar-refractivity contribution in [3.8, 4) is 0 Å². The number of hydrogen-bond donors (Lipinski definition) is 1. The van der Waals surface area contributed by atoms with E-state index < -0.39 is 5.60 Å². The smallest absolute Gasteiger partial charge is 0.410 e. The summed E-state index contributed by atoms with van der Waals surface area (Å²) in [5.74, 6) is 0. The van der Waals surface area contributed by atoms with Crippen molar-refractivity contribution in [2.75, 3.05) is 19.8 Å². The first kappa shape index (κ1) is 16.3. The zero-order chi connectivity index (χ0) is 15.6. The van der Waals surface area contributed by atoms with Crippen LogP contribution in [0.25, 0.3) is 0 Å². The molecule has 6 heteroatoms. The molecular formula is C15H24N2O3S. The van der Waals surface area contributed by atoms with Crippen LogP contribution in [-0.2, 0) is 9.47 Å². The quantitative estimate of drug-likeness (QED) is 0.912. The van der Waals surface area contributed by atoms with Crippen molar-refractivity contribution in [1.29, 1.82) is 0 Å². The predicted molar refractivity (Wildman–Crippen MR) is 83.5 cm³/mol. The Hall–Kier alpha value is -1.11. The third-order valence-corrected chi connectivity index (χ3v) is 4.40. The third kappa shape index (κ3) is 4.18. The van der Waals surface area contributed by atoms with Crippen LogP contribution in [0.15, 0.2) is 12.1 Å². The Morgan fingerprint density at radius 1 is 1.52 bits per heavy atom. The number of carbonyl (C=O) groups is 1. The van der Waals surface area contributed by atoms with Crippen LogP contribution in [0.1, 0.15) is 36.6 Å². The Bertz CT molecular complexity index is 495. The van der Waals surface area contributed by atoms with Crippen molar-refractivity contribution < 1.29 is 14.3 Å². The van der Waals surface area contributed by atoms with Crippen LogP contribution in [0.5, 0.6) is 0 Å². The highest BCUT2D eigenvalue weighted by Gasteiger charge is 2.35. The summed E-state index contributed by atoms with van der Waals surface area (Å²) in [7, 11) is 0. The van der Waals surface area contributed by atoms with E-state index in [-0.39, 0.29) is 18.2 Å². The molecule has 1 amide bonds. The molecular weight excluding hydrogens is 288 g/mol. The molecule has 1 saturated heterocycles. The van der Waals surface area contributed by atoms with Gasteiger partial charge in [0.2, 0.25) is 0 Å². The number of aryl methyl sites for hydroxylation is 1. The zero-order valence-corrected chi connectivity index (χ0v) is 13.9. The fourth-order valence-corrected chi connectivity index (χ4v) is 3.23. The lowest BCUT2D eigenvalue weighted by Crippen LogP contribution is -2.54. The zero-order valence-electron chi connectivity index (χ0n) is 13.1. The van der Waals surface area contributed by atoms with Gasteiger partial charge in [0.25, 0.3) is 0 Å². The van der Waals surface area contributed by atoms with Crippen LogP contribution < -0.4 is 5.73 Å². The summed E-state index contributed by atoms with van der Waals surface area (Å²) in [6.07, 6.45) is -0.320. The molecule has 0 aliphatic carbocycles. The molecule has 118 valence electrons. The molecule has 2 unspecified atom stereocenters. The first-order chi connectivity index (χ1) is 9.78. The van der Waals surface area contributed by atoms with Crippen LogP contribution in [-0.4, -0.2) is 42.4 Å². The van der Waals surface area contributed by atoms with Crippen molar-refractivity contribution in [2.45, 2.75) is 45.4 Å². The maximum atomic E-state index is 12.4. The van der Waals surface area contributed by atoms with E-state index in [1.54, 1.807) is 16.2 Å². The van der Waals surface area contributed by atoms with Gasteiger partial charge in [0.1, 0.15) is 5.60 Å². The van der Waals surface area contributed by atoms with E-state index >= 15 is 0 Å². The number of nitrogens with zero attached hydrogens (tertiary/aromatic N) is 1. The lowest BCUT2D eigenvalue weighted by molar-refractivity contribution is -0.0379. The normalized spacial score (nSPS) is 21.2. The van der Waals surface area contributed by atoms with Crippen molar-refractivity contribution >= 4 is 17.4 Å². The molecule has 1 aliphatic rings. The lowest BCUT2D eigenvalue weighted by Gasteiger charge is -2.39. The van der Waals surface area contributed by atoms with Gasteiger partial charge in [0.05, 0.1) is 25.3 Å². The number of nitrogens with two attached hydrogens (primary N) is 1. The van der Waals surface area contributed by atoms with Crippen molar-refractivity contribution in [1.82, 2.24) is 4.90 Å². The fraction of sp³-hybridized carbons (Fsp3) is 0.667. The van der Waals surface area contributed by atoms with E-state index in [9.17, 15) is 4.79 Å². The molecule has 1 aromatic heterocycles. The average molecular weight is 312 g/mol. The minimum absolute atomic E-state index is 0.188. The topological polar surface area (TPSA) is 64.8 Å². The van der Waals surface area contributed by atoms with E-state index in [4.69, 9.17) is 15.2 Å². The molecule has 0 bridgehead atoms. The number of ether oxygens (including phenoxy) is 2.